The average Bonchev–Trinajstić information content (AvgIpc) is 2.42. The summed E-state index contributed by atoms with van der Waals surface area (Å²) in [6.45, 7) is 8.61. The van der Waals surface area contributed by atoms with Crippen molar-refractivity contribution in [3.05, 3.63) is 0 Å². The summed E-state index contributed by atoms with van der Waals surface area (Å²) in [4.78, 5) is 0. The Kier molecular flexibility index (Phi) is 5.74. The Morgan fingerprint density at radius 2 is 1.60 bits per heavy atom. The van der Waals surface area contributed by atoms with Crippen LogP contribution in [0.25, 0.3) is 0 Å². The van der Waals surface area contributed by atoms with Gasteiger partial charge < -0.3 is 0 Å². The van der Waals surface area contributed by atoms with E-state index in [9.17, 15) is 0 Å². The largest absolute Gasteiger partial charge is 0.144 e. The van der Waals surface area contributed by atoms with Crippen molar-refractivity contribution >= 4 is 23.5 Å². The molecule has 10 heavy (non-hydrogen) atoms. The summed E-state index contributed by atoms with van der Waals surface area (Å²) < 4.78 is 0.569. The van der Waals surface area contributed by atoms with Gasteiger partial charge in [0, 0.05) is 11.5 Å². The highest BCUT2D eigenvalue weighted by Crippen LogP contribution is 2.45. The molecule has 0 bridgehead atoms. The van der Waals surface area contributed by atoms with Gasteiger partial charge in [-0.2, -0.15) is 0 Å². The minimum absolute atomic E-state index is 0.569. The molecule has 0 radical (unpaired) electrons. The van der Waals surface area contributed by atoms with Crippen LogP contribution in [0, 0.1) is 0 Å². The van der Waals surface area contributed by atoms with Crippen LogP contribution in [-0.2, 0) is 0 Å². The molecule has 1 aliphatic rings. The van der Waals surface area contributed by atoms with Crippen molar-refractivity contribution in [2.75, 3.05) is 11.5 Å². The monoisotopic (exact) mass is 178 g/mol. The Morgan fingerprint density at radius 1 is 1.20 bits per heavy atom. The lowest BCUT2D eigenvalue weighted by atomic mass is 10.4. The molecule has 0 aromatic heterocycles. The number of hydrogen-bond acceptors (Lipinski definition) is 2. The van der Waals surface area contributed by atoms with E-state index in [0.717, 1.165) is 0 Å². The maximum Gasteiger partial charge on any atom is 0.0581 e. The van der Waals surface area contributed by atoms with E-state index in [1.807, 2.05) is 13.8 Å². The van der Waals surface area contributed by atoms with E-state index in [1.165, 1.54) is 17.9 Å². The van der Waals surface area contributed by atoms with Gasteiger partial charge in [0.15, 0.2) is 0 Å². The van der Waals surface area contributed by atoms with Crippen LogP contribution in [0.2, 0.25) is 0 Å². The summed E-state index contributed by atoms with van der Waals surface area (Å²) in [5.41, 5.74) is 0. The molecule has 1 saturated heterocycles. The fourth-order valence-electron chi connectivity index (χ4n) is 0.761. The Labute approximate surface area is 73.5 Å². The molecule has 1 rings (SSSR count). The molecule has 0 aliphatic carbocycles. The van der Waals surface area contributed by atoms with E-state index in [2.05, 4.69) is 37.4 Å². The van der Waals surface area contributed by atoms with Crippen molar-refractivity contribution in [2.45, 2.75) is 38.2 Å². The summed E-state index contributed by atoms with van der Waals surface area (Å²) in [7, 11) is 0. The van der Waals surface area contributed by atoms with Gasteiger partial charge in [0.2, 0.25) is 0 Å². The zero-order valence-corrected chi connectivity index (χ0v) is 9.07. The smallest absolute Gasteiger partial charge is 0.0581 e. The van der Waals surface area contributed by atoms with Crippen molar-refractivity contribution in [3.8, 4) is 0 Å². The van der Waals surface area contributed by atoms with Gasteiger partial charge >= 0.3 is 0 Å². The zero-order chi connectivity index (χ0) is 8.04. The van der Waals surface area contributed by atoms with Crippen molar-refractivity contribution in [3.63, 3.8) is 0 Å². The van der Waals surface area contributed by atoms with E-state index < -0.39 is 0 Å². The third-order valence-electron chi connectivity index (χ3n) is 1.54. The second-order valence-corrected chi connectivity index (χ2v) is 5.64. The first-order chi connectivity index (χ1) is 4.77. The quantitative estimate of drug-likeness (QED) is 0.601. The van der Waals surface area contributed by atoms with Gasteiger partial charge in [0.25, 0.3) is 0 Å². The van der Waals surface area contributed by atoms with Crippen LogP contribution in [0.15, 0.2) is 0 Å². The molecule has 0 nitrogen and oxygen atoms in total. The molecule has 1 heterocycles. The first-order valence-electron chi connectivity index (χ1n) is 4.05. The van der Waals surface area contributed by atoms with Gasteiger partial charge in [0.1, 0.15) is 0 Å². The Balaban J connectivity index is 0.000000371. The van der Waals surface area contributed by atoms with Crippen LogP contribution in [0.3, 0.4) is 0 Å². The molecular formula is C8H18S2. The highest BCUT2D eigenvalue weighted by molar-refractivity contribution is 8.21. The molecule has 1 aliphatic heterocycles. The maximum absolute atomic E-state index is 2.34. The minimum Gasteiger partial charge on any atom is -0.144 e. The van der Waals surface area contributed by atoms with Crippen molar-refractivity contribution in [1.29, 1.82) is 0 Å². The normalized spacial score (nSPS) is 21.6. The Bertz CT molecular complexity index is 75.3. The Morgan fingerprint density at radius 3 is 1.80 bits per heavy atom. The van der Waals surface area contributed by atoms with Crippen molar-refractivity contribution in [1.82, 2.24) is 0 Å². The molecule has 62 valence electrons. The molecule has 1 fully saturated rings. The van der Waals surface area contributed by atoms with Gasteiger partial charge in [-0.15, -0.1) is 23.5 Å². The lowest BCUT2D eigenvalue weighted by molar-refractivity contribution is 0.854. The highest BCUT2D eigenvalue weighted by Gasteiger charge is 2.27. The summed E-state index contributed by atoms with van der Waals surface area (Å²) in [5.74, 6) is 2.71. The van der Waals surface area contributed by atoms with Crippen LogP contribution in [0.5, 0.6) is 0 Å². The molecule has 0 unspecified atom stereocenters. The SMILES string of the molecule is CC.CCC1(C)SCCS1. The van der Waals surface area contributed by atoms with Crippen LogP contribution in [0.4, 0.5) is 0 Å². The lowest BCUT2D eigenvalue weighted by Gasteiger charge is -2.17. The first-order valence-corrected chi connectivity index (χ1v) is 6.02. The summed E-state index contributed by atoms with van der Waals surface area (Å²) in [6, 6.07) is 0. The molecule has 0 aromatic rings. The highest BCUT2D eigenvalue weighted by atomic mass is 32.2. The second kappa shape index (κ2) is 5.36. The average molecular weight is 178 g/mol. The van der Waals surface area contributed by atoms with Crippen molar-refractivity contribution < 1.29 is 0 Å². The van der Waals surface area contributed by atoms with Crippen LogP contribution in [0.1, 0.15) is 34.1 Å². The standard InChI is InChI=1S/C6H12S2.C2H6/c1-3-6(2)7-4-5-8-6;1-2/h3-5H2,1-2H3;1-2H3. The Hall–Kier alpha value is 0.700. The summed E-state index contributed by atoms with van der Waals surface area (Å²) in [6.07, 6.45) is 1.31. The van der Waals surface area contributed by atoms with Gasteiger partial charge in [-0.25, -0.2) is 0 Å². The molecule has 0 saturated carbocycles. The van der Waals surface area contributed by atoms with Crippen molar-refractivity contribution in [2.24, 2.45) is 0 Å². The molecule has 0 spiro atoms. The molecule has 0 N–H and O–H groups in total. The van der Waals surface area contributed by atoms with E-state index in [4.69, 9.17) is 0 Å². The predicted molar refractivity (Wildman–Crippen MR) is 55.0 cm³/mol. The third kappa shape index (κ3) is 3.20. The fraction of sp³-hybridized carbons (Fsp3) is 1.00. The van der Waals surface area contributed by atoms with Crippen LogP contribution < -0.4 is 0 Å². The van der Waals surface area contributed by atoms with E-state index in [1.54, 1.807) is 0 Å². The van der Waals surface area contributed by atoms with Crippen LogP contribution in [-0.4, -0.2) is 15.6 Å². The van der Waals surface area contributed by atoms with Gasteiger partial charge in [-0.1, -0.05) is 20.8 Å². The fourth-order valence-corrected chi connectivity index (χ4v) is 3.53. The molecule has 0 amide bonds. The third-order valence-corrected chi connectivity index (χ3v) is 5.12. The number of thioether (sulfide) groups is 2. The minimum atomic E-state index is 0.569. The van der Waals surface area contributed by atoms with Gasteiger partial charge in [-0.05, 0) is 13.3 Å². The lowest BCUT2D eigenvalue weighted by Crippen LogP contribution is -2.07. The number of hydrogen-bond donors (Lipinski definition) is 0. The van der Waals surface area contributed by atoms with E-state index in [0.29, 0.717) is 4.08 Å². The van der Waals surface area contributed by atoms with E-state index >= 15 is 0 Å². The molecular weight excluding hydrogens is 160 g/mol. The second-order valence-electron chi connectivity index (χ2n) is 2.18. The molecule has 2 heteroatoms. The van der Waals surface area contributed by atoms with Gasteiger partial charge in [-0.3, -0.25) is 0 Å². The summed E-state index contributed by atoms with van der Waals surface area (Å²) >= 11 is 4.22. The zero-order valence-electron chi connectivity index (χ0n) is 7.44. The first kappa shape index (κ1) is 10.7. The molecule has 0 aromatic carbocycles. The summed E-state index contributed by atoms with van der Waals surface area (Å²) in [5, 5.41) is 0. The maximum atomic E-state index is 2.34. The molecule has 0 atom stereocenters. The predicted octanol–water partition coefficient (Wildman–Crippen LogP) is 3.62. The number of rotatable bonds is 1. The topological polar surface area (TPSA) is 0 Å². The van der Waals surface area contributed by atoms with Crippen LogP contribution >= 0.6 is 23.5 Å². The van der Waals surface area contributed by atoms with E-state index in [-0.39, 0.29) is 0 Å². The van der Waals surface area contributed by atoms with Gasteiger partial charge in [0.05, 0.1) is 4.08 Å².